The van der Waals surface area contributed by atoms with Crippen molar-refractivity contribution < 1.29 is 17.8 Å². The summed E-state index contributed by atoms with van der Waals surface area (Å²) in [6, 6.07) is 33.8. The average Bonchev–Trinajstić information content (AvgIpc) is 2.94. The number of hydrogen-bond acceptors (Lipinski definition) is 4. The number of hydrogen-bond donors (Lipinski definition) is 1. The van der Waals surface area contributed by atoms with E-state index in [1.54, 1.807) is 36.4 Å². The molecule has 1 aliphatic rings. The van der Waals surface area contributed by atoms with Crippen LogP contribution in [0, 0.1) is 16.7 Å². The number of amidine groups is 1. The first-order valence-corrected chi connectivity index (χ1v) is 13.4. The number of nitriles is 1. The zero-order chi connectivity index (χ0) is 26.1. The fourth-order valence-corrected chi connectivity index (χ4v) is 10.2. The molecular weight excluding hydrogens is 496 g/mol. The monoisotopic (exact) mass is 516 g/mol. The van der Waals surface area contributed by atoms with Crippen molar-refractivity contribution in [3.05, 3.63) is 121 Å². The van der Waals surface area contributed by atoms with E-state index >= 15 is 0 Å². The fraction of sp³-hybridized carbons (Fsp3) is 0.0357. The van der Waals surface area contributed by atoms with E-state index in [0.717, 1.165) is 12.1 Å². The second-order valence-electron chi connectivity index (χ2n) is 8.34. The molecule has 1 N–H and O–H groups in total. The molecule has 0 radical (unpaired) electrons. The Hall–Kier alpha value is -4.47. The van der Waals surface area contributed by atoms with Crippen molar-refractivity contribution in [3.63, 3.8) is 0 Å². The second kappa shape index (κ2) is 8.88. The SMILES string of the molecule is N#CC1=NOP(c2ccccc2)(c2ccccc2)(c2ccccc2)N(c2cccc(C(F)(F)F)c2)C1=N. The molecule has 9 heteroatoms. The van der Waals surface area contributed by atoms with Gasteiger partial charge in [-0.1, -0.05) is 0 Å². The van der Waals surface area contributed by atoms with E-state index < -0.39 is 18.7 Å². The number of oxime groups is 1. The third-order valence-electron chi connectivity index (χ3n) is 6.34. The Morgan fingerprint density at radius 1 is 0.757 bits per heavy atom. The van der Waals surface area contributed by atoms with E-state index in [1.807, 2.05) is 60.7 Å². The fourth-order valence-electron chi connectivity index (χ4n) is 4.78. The van der Waals surface area contributed by atoms with Gasteiger partial charge in [-0.05, 0) is 0 Å². The Morgan fingerprint density at radius 2 is 1.24 bits per heavy atom. The van der Waals surface area contributed by atoms with Crippen molar-refractivity contribution in [2.45, 2.75) is 6.18 Å². The molecule has 0 unspecified atom stereocenters. The van der Waals surface area contributed by atoms with Crippen molar-refractivity contribution in [2.24, 2.45) is 5.16 Å². The summed E-state index contributed by atoms with van der Waals surface area (Å²) in [6.07, 6.45) is -4.62. The maximum atomic E-state index is 13.9. The molecule has 0 spiro atoms. The quantitative estimate of drug-likeness (QED) is 0.351. The Labute approximate surface area is 211 Å². The topological polar surface area (TPSA) is 72.5 Å². The van der Waals surface area contributed by atoms with Crippen LogP contribution in [0.15, 0.2) is 120 Å². The molecule has 0 saturated heterocycles. The minimum absolute atomic E-state index is 0.0525. The summed E-state index contributed by atoms with van der Waals surface area (Å²) < 4.78 is 49.6. The van der Waals surface area contributed by atoms with Crippen molar-refractivity contribution in [1.82, 2.24) is 0 Å². The van der Waals surface area contributed by atoms with Crippen LogP contribution in [0.25, 0.3) is 0 Å². The Morgan fingerprint density at radius 3 is 1.68 bits per heavy atom. The second-order valence-corrected chi connectivity index (χ2v) is 12.4. The molecule has 37 heavy (non-hydrogen) atoms. The molecule has 1 aliphatic heterocycles. The van der Waals surface area contributed by atoms with Gasteiger partial charge >= 0.3 is 211 Å². The summed E-state index contributed by atoms with van der Waals surface area (Å²) in [7, 11) is 0. The normalized spacial score (nSPS) is 17.5. The van der Waals surface area contributed by atoms with Crippen LogP contribution in [-0.2, 0) is 10.8 Å². The number of nitrogens with one attached hydrogen (secondary N) is 1. The minimum atomic E-state index is -4.62. The van der Waals surface area contributed by atoms with Gasteiger partial charge < -0.3 is 0 Å². The molecule has 184 valence electrons. The summed E-state index contributed by atoms with van der Waals surface area (Å²) in [5.41, 5.74) is -1.18. The number of rotatable bonds is 4. The van der Waals surface area contributed by atoms with Crippen LogP contribution in [0.2, 0.25) is 0 Å². The van der Waals surface area contributed by atoms with Crippen molar-refractivity contribution >= 4 is 40.1 Å². The van der Waals surface area contributed by atoms with Gasteiger partial charge in [0.1, 0.15) is 0 Å². The zero-order valence-corrected chi connectivity index (χ0v) is 20.2. The maximum absolute atomic E-state index is 13.9. The average molecular weight is 516 g/mol. The standard InChI is InChI=1S/C28H20F3N4OP/c29-28(30,31)21-11-10-12-22(19-21)35-27(33)26(20-32)34-36-37(35,23-13-4-1-5-14-23,24-15-6-2-7-16-24)25-17-8-3-9-18-25/h1-19,33H. The number of halogens is 3. The van der Waals surface area contributed by atoms with Gasteiger partial charge in [0, 0.05) is 0 Å². The van der Waals surface area contributed by atoms with Crippen molar-refractivity contribution in [1.29, 1.82) is 10.7 Å². The molecule has 0 atom stereocenters. The number of benzene rings is 4. The van der Waals surface area contributed by atoms with Gasteiger partial charge in [0.05, 0.1) is 0 Å². The summed E-state index contributed by atoms with van der Waals surface area (Å²) in [5.74, 6) is -0.359. The van der Waals surface area contributed by atoms with E-state index in [1.165, 1.54) is 16.8 Å². The van der Waals surface area contributed by atoms with Gasteiger partial charge in [-0.15, -0.1) is 0 Å². The number of anilines is 1. The van der Waals surface area contributed by atoms with E-state index in [9.17, 15) is 18.4 Å². The third kappa shape index (κ3) is 3.51. The Bertz CT molecular complexity index is 1440. The van der Waals surface area contributed by atoms with Gasteiger partial charge in [-0.25, -0.2) is 0 Å². The molecule has 1 heterocycles. The number of alkyl halides is 3. The first kappa shape index (κ1) is 24.2. The van der Waals surface area contributed by atoms with Gasteiger partial charge in [-0.2, -0.15) is 0 Å². The van der Waals surface area contributed by atoms with Crippen LogP contribution in [-0.4, -0.2) is 11.5 Å². The molecule has 0 fully saturated rings. The van der Waals surface area contributed by atoms with E-state index in [0.29, 0.717) is 15.9 Å². The van der Waals surface area contributed by atoms with Crippen LogP contribution in [0.3, 0.4) is 0 Å². The number of nitrogens with zero attached hydrogens (tertiary/aromatic N) is 3. The van der Waals surface area contributed by atoms with Crippen molar-refractivity contribution in [2.75, 3.05) is 4.67 Å². The molecule has 0 amide bonds. The Kier molecular flexibility index (Phi) is 5.82. The molecule has 0 aliphatic carbocycles. The van der Waals surface area contributed by atoms with Crippen LogP contribution in [0.1, 0.15) is 5.56 Å². The van der Waals surface area contributed by atoms with Crippen LogP contribution < -0.4 is 20.6 Å². The molecule has 4 aromatic carbocycles. The predicted octanol–water partition coefficient (Wildman–Crippen LogP) is 5.76. The van der Waals surface area contributed by atoms with Gasteiger partial charge in [0.25, 0.3) is 0 Å². The molecule has 0 aromatic heterocycles. The third-order valence-corrected chi connectivity index (χ3v) is 11.7. The molecule has 5 nitrogen and oxygen atoms in total. The first-order valence-electron chi connectivity index (χ1n) is 11.3. The molecular formula is C28H20F3N4OP. The summed E-state index contributed by atoms with van der Waals surface area (Å²) >= 11 is 0. The van der Waals surface area contributed by atoms with E-state index in [4.69, 9.17) is 10.0 Å². The van der Waals surface area contributed by atoms with Gasteiger partial charge in [-0.3, -0.25) is 0 Å². The van der Waals surface area contributed by atoms with Gasteiger partial charge in [0.15, 0.2) is 0 Å². The predicted molar refractivity (Wildman–Crippen MR) is 141 cm³/mol. The molecule has 0 bridgehead atoms. The molecule has 0 saturated carbocycles. The van der Waals surface area contributed by atoms with E-state index in [2.05, 4.69) is 5.16 Å². The Balaban J connectivity index is 2.03. The van der Waals surface area contributed by atoms with Gasteiger partial charge in [0.2, 0.25) is 0 Å². The molecule has 4 aromatic rings. The zero-order valence-electron chi connectivity index (χ0n) is 19.3. The van der Waals surface area contributed by atoms with Crippen LogP contribution in [0.4, 0.5) is 18.9 Å². The van der Waals surface area contributed by atoms with E-state index in [-0.39, 0.29) is 17.2 Å². The first-order chi connectivity index (χ1) is 17.8. The van der Waals surface area contributed by atoms with Crippen LogP contribution in [0.5, 0.6) is 0 Å². The molecule has 5 rings (SSSR count). The summed E-state index contributed by atoms with van der Waals surface area (Å²) in [6.45, 7) is -4.57. The summed E-state index contributed by atoms with van der Waals surface area (Å²) in [4.78, 5) is 0. The van der Waals surface area contributed by atoms with Crippen molar-refractivity contribution in [3.8, 4) is 6.07 Å². The summed E-state index contributed by atoms with van der Waals surface area (Å²) in [5, 5.41) is 24.9. The van der Waals surface area contributed by atoms with Crippen LogP contribution >= 0.6 is 6.98 Å².